The Kier molecular flexibility index (Phi) is 15.7. The van der Waals surface area contributed by atoms with E-state index >= 15 is 0 Å². The summed E-state index contributed by atoms with van der Waals surface area (Å²) in [6.45, 7) is 20.5. The summed E-state index contributed by atoms with van der Waals surface area (Å²) in [6, 6.07) is 20.6. The Morgan fingerprint density at radius 1 is 0.760 bits per heavy atom. The molecule has 1 atom stereocenters. The SMILES string of the molecule is CCCCCC(C)c1ccc(-c2ccc(OC(=O)c3ccc(OCCCCCC[Si](C)(C)O[Si](C)(C)O[Si](C)(C)C)cc3)cc2)cc1[N+](=O)[O-]. The van der Waals surface area contributed by atoms with Gasteiger partial charge in [-0.05, 0) is 118 Å². The highest BCUT2D eigenvalue weighted by molar-refractivity contribution is 6.87. The van der Waals surface area contributed by atoms with Crippen molar-refractivity contribution in [2.45, 2.75) is 123 Å². The summed E-state index contributed by atoms with van der Waals surface area (Å²) in [4.78, 5) is 24.4. The van der Waals surface area contributed by atoms with Crippen LogP contribution in [0.2, 0.25) is 51.9 Å². The van der Waals surface area contributed by atoms with Gasteiger partial charge in [-0.3, -0.25) is 10.1 Å². The molecular weight excluding hydrogens is 679 g/mol. The molecule has 0 radical (unpaired) electrons. The second kappa shape index (κ2) is 18.9. The van der Waals surface area contributed by atoms with Crippen LogP contribution in [-0.4, -0.2) is 42.7 Å². The third-order valence-electron chi connectivity index (χ3n) is 8.50. The molecule has 0 aliphatic rings. The first-order chi connectivity index (χ1) is 23.5. The Hall–Kier alpha value is -3.10. The van der Waals surface area contributed by atoms with Gasteiger partial charge in [0, 0.05) is 11.6 Å². The summed E-state index contributed by atoms with van der Waals surface area (Å²) < 4.78 is 24.5. The predicted molar refractivity (Wildman–Crippen MR) is 212 cm³/mol. The number of carbonyl (C=O) groups excluding carboxylic acids is 1. The molecule has 0 fully saturated rings. The summed E-state index contributed by atoms with van der Waals surface area (Å²) in [5.41, 5.74) is 2.90. The van der Waals surface area contributed by atoms with Crippen molar-refractivity contribution in [3.8, 4) is 22.6 Å². The average Bonchev–Trinajstić information content (AvgIpc) is 3.03. The summed E-state index contributed by atoms with van der Waals surface area (Å²) >= 11 is 0. The highest BCUT2D eigenvalue weighted by atomic mass is 28.5. The van der Waals surface area contributed by atoms with Crippen molar-refractivity contribution in [1.82, 2.24) is 0 Å². The van der Waals surface area contributed by atoms with Crippen molar-refractivity contribution < 1.29 is 27.4 Å². The quantitative estimate of drug-likeness (QED) is 0.0268. The third-order valence-corrected chi connectivity index (χ3v) is 18.7. The fraction of sp³-hybridized carbons (Fsp3) is 0.513. The molecule has 0 amide bonds. The van der Waals surface area contributed by atoms with Gasteiger partial charge in [-0.15, -0.1) is 0 Å². The lowest BCUT2D eigenvalue weighted by molar-refractivity contribution is -0.385. The molecule has 0 aliphatic heterocycles. The van der Waals surface area contributed by atoms with E-state index < -0.39 is 31.2 Å². The van der Waals surface area contributed by atoms with E-state index in [0.717, 1.165) is 79.9 Å². The molecule has 0 N–H and O–H groups in total. The van der Waals surface area contributed by atoms with Crippen LogP contribution in [0.1, 0.15) is 87.1 Å². The molecule has 3 aromatic carbocycles. The van der Waals surface area contributed by atoms with Gasteiger partial charge in [0.15, 0.2) is 16.6 Å². The highest BCUT2D eigenvalue weighted by Gasteiger charge is 2.37. The fourth-order valence-corrected chi connectivity index (χ4v) is 19.7. The molecule has 8 nitrogen and oxygen atoms in total. The minimum Gasteiger partial charge on any atom is -0.494 e. The van der Waals surface area contributed by atoms with E-state index in [1.54, 1.807) is 42.5 Å². The first-order valence-electron chi connectivity index (χ1n) is 18.2. The summed E-state index contributed by atoms with van der Waals surface area (Å²) in [6.07, 6.45) is 8.60. The monoisotopic (exact) mass is 737 g/mol. The normalized spacial score (nSPS) is 12.8. The smallest absolute Gasteiger partial charge is 0.343 e. The molecule has 11 heteroatoms. The van der Waals surface area contributed by atoms with Crippen LogP contribution < -0.4 is 9.47 Å². The molecule has 0 saturated heterocycles. The Balaban J connectivity index is 1.43. The zero-order chi connectivity index (χ0) is 37.0. The van der Waals surface area contributed by atoms with Crippen LogP contribution in [0.3, 0.4) is 0 Å². The molecule has 3 aromatic rings. The third kappa shape index (κ3) is 14.3. The van der Waals surface area contributed by atoms with E-state index in [9.17, 15) is 14.9 Å². The van der Waals surface area contributed by atoms with Gasteiger partial charge >= 0.3 is 14.5 Å². The standard InChI is InChI=1S/C39H59NO7Si3/c1-10-11-14-17-31(2)37-27-22-34(30-38(37)40(42)43)32-18-25-36(26-19-32)45-39(41)33-20-23-35(24-21-33)44-28-15-12-13-16-29-49(6,7)47-50(8,9)46-48(3,4)5/h18-27,30-31H,10-17,28-29H2,1-9H3. The minimum atomic E-state index is -2.09. The Morgan fingerprint density at radius 3 is 2.00 bits per heavy atom. The first kappa shape index (κ1) is 41.3. The van der Waals surface area contributed by atoms with Gasteiger partial charge in [-0.25, -0.2) is 4.79 Å². The lowest BCUT2D eigenvalue weighted by Crippen LogP contribution is -2.51. The maximum Gasteiger partial charge on any atom is 0.343 e. The number of hydrogen-bond donors (Lipinski definition) is 0. The topological polar surface area (TPSA) is 97.1 Å². The van der Waals surface area contributed by atoms with Crippen molar-refractivity contribution >= 4 is 36.9 Å². The highest BCUT2D eigenvalue weighted by Crippen LogP contribution is 2.34. The predicted octanol–water partition coefficient (Wildman–Crippen LogP) is 11.9. The molecule has 0 aromatic heterocycles. The maximum atomic E-state index is 12.8. The molecule has 0 heterocycles. The lowest BCUT2D eigenvalue weighted by Gasteiger charge is -2.37. The number of carbonyl (C=O) groups is 1. The van der Waals surface area contributed by atoms with Crippen LogP contribution in [0.5, 0.6) is 11.5 Å². The number of nitro groups is 1. The van der Waals surface area contributed by atoms with Gasteiger partial charge < -0.3 is 17.7 Å². The molecule has 0 spiro atoms. The van der Waals surface area contributed by atoms with Gasteiger partial charge in [0.05, 0.1) is 17.1 Å². The Labute approximate surface area is 303 Å². The van der Waals surface area contributed by atoms with Gasteiger partial charge in [-0.2, -0.15) is 0 Å². The van der Waals surface area contributed by atoms with Crippen molar-refractivity contribution in [1.29, 1.82) is 0 Å². The fourth-order valence-electron chi connectivity index (χ4n) is 6.39. The van der Waals surface area contributed by atoms with E-state index in [1.165, 1.54) is 0 Å². The second-order valence-electron chi connectivity index (χ2n) is 15.4. The first-order valence-corrected chi connectivity index (χ1v) is 27.6. The molecule has 0 saturated carbocycles. The lowest BCUT2D eigenvalue weighted by atomic mass is 9.91. The number of rotatable bonds is 21. The average molecular weight is 738 g/mol. The van der Waals surface area contributed by atoms with E-state index in [0.29, 0.717) is 17.9 Å². The van der Waals surface area contributed by atoms with E-state index in [-0.39, 0.29) is 16.5 Å². The molecule has 3 rings (SSSR count). The van der Waals surface area contributed by atoms with E-state index in [2.05, 4.69) is 59.7 Å². The number of nitrogens with zero attached hydrogens (tertiary/aromatic N) is 1. The van der Waals surface area contributed by atoms with Crippen LogP contribution in [-0.2, 0) is 8.23 Å². The molecular formula is C39H59NO7Si3. The van der Waals surface area contributed by atoms with E-state index in [1.807, 2.05) is 24.3 Å². The van der Waals surface area contributed by atoms with Crippen LogP contribution in [0.4, 0.5) is 5.69 Å². The van der Waals surface area contributed by atoms with Crippen molar-refractivity contribution in [3.63, 3.8) is 0 Å². The molecule has 0 aliphatic carbocycles. The molecule has 50 heavy (non-hydrogen) atoms. The molecule has 1 unspecified atom stereocenters. The number of nitro benzene ring substituents is 1. The van der Waals surface area contributed by atoms with Crippen LogP contribution >= 0.6 is 0 Å². The number of benzene rings is 3. The number of esters is 1. The zero-order valence-corrected chi connectivity index (χ0v) is 34.8. The van der Waals surface area contributed by atoms with Gasteiger partial charge in [0.25, 0.3) is 5.69 Å². The van der Waals surface area contributed by atoms with Gasteiger partial charge in [0.2, 0.25) is 0 Å². The van der Waals surface area contributed by atoms with Crippen molar-refractivity contribution in [2.75, 3.05) is 6.61 Å². The Bertz CT molecular complexity index is 1520. The van der Waals surface area contributed by atoms with Crippen LogP contribution in [0.25, 0.3) is 11.1 Å². The van der Waals surface area contributed by atoms with Crippen molar-refractivity contribution in [2.24, 2.45) is 0 Å². The number of hydrogen-bond acceptors (Lipinski definition) is 7. The Morgan fingerprint density at radius 2 is 1.38 bits per heavy atom. The largest absolute Gasteiger partial charge is 0.494 e. The zero-order valence-electron chi connectivity index (χ0n) is 31.8. The van der Waals surface area contributed by atoms with E-state index in [4.69, 9.17) is 17.7 Å². The summed E-state index contributed by atoms with van der Waals surface area (Å²) in [5.74, 6) is 0.777. The summed E-state index contributed by atoms with van der Waals surface area (Å²) in [5, 5.41) is 11.9. The molecule has 0 bridgehead atoms. The van der Waals surface area contributed by atoms with Crippen LogP contribution in [0, 0.1) is 10.1 Å². The van der Waals surface area contributed by atoms with Gasteiger partial charge in [-0.1, -0.05) is 76.6 Å². The number of ether oxygens (including phenoxy) is 2. The second-order valence-corrected chi connectivity index (χ2v) is 28.0. The summed E-state index contributed by atoms with van der Waals surface area (Å²) in [7, 11) is -5.47. The van der Waals surface area contributed by atoms with Gasteiger partial charge in [0.1, 0.15) is 11.5 Å². The minimum absolute atomic E-state index is 0.119. The maximum absolute atomic E-state index is 12.8. The van der Waals surface area contributed by atoms with Crippen LogP contribution in [0.15, 0.2) is 66.7 Å². The number of unbranched alkanes of at least 4 members (excludes halogenated alkanes) is 5. The molecule has 274 valence electrons. The van der Waals surface area contributed by atoms with Crippen molar-refractivity contribution in [3.05, 3.63) is 88.0 Å².